The number of likely N-dealkylation sites (N-methyl/N-ethyl adjacent to an activating group) is 1. The van der Waals surface area contributed by atoms with Crippen LogP contribution in [0.4, 0.5) is 5.69 Å². The summed E-state index contributed by atoms with van der Waals surface area (Å²) in [6, 6.07) is 14.8. The minimum Gasteiger partial charge on any atom is -0.336 e. The van der Waals surface area contributed by atoms with Crippen molar-refractivity contribution in [2.24, 2.45) is 0 Å². The number of nitrogens with zero attached hydrogens (tertiary/aromatic N) is 2. The van der Waals surface area contributed by atoms with Crippen molar-refractivity contribution >= 4 is 34.0 Å². The minimum atomic E-state index is -3.67. The zero-order valence-corrected chi connectivity index (χ0v) is 16.8. The second-order valence-electron chi connectivity index (χ2n) is 6.22. The summed E-state index contributed by atoms with van der Waals surface area (Å²) >= 11 is 0. The molecule has 0 saturated carbocycles. The molecule has 0 spiro atoms. The van der Waals surface area contributed by atoms with Gasteiger partial charge in [-0.25, -0.2) is 8.42 Å². The molecule has 1 N–H and O–H groups in total. The van der Waals surface area contributed by atoms with Crippen LogP contribution in [0.15, 0.2) is 59.5 Å². The number of piperazine rings is 1. The number of benzene rings is 2. The van der Waals surface area contributed by atoms with Gasteiger partial charge in [-0.05, 0) is 42.9 Å². The molecule has 27 heavy (non-hydrogen) atoms. The van der Waals surface area contributed by atoms with Gasteiger partial charge in [0, 0.05) is 37.4 Å². The van der Waals surface area contributed by atoms with E-state index in [-0.39, 0.29) is 23.2 Å². The Kier molecular flexibility index (Phi) is 7.24. The fourth-order valence-electron chi connectivity index (χ4n) is 2.95. The molecule has 1 fully saturated rings. The van der Waals surface area contributed by atoms with Crippen molar-refractivity contribution in [2.75, 3.05) is 37.4 Å². The van der Waals surface area contributed by atoms with Crippen LogP contribution in [0, 0.1) is 0 Å². The molecule has 1 amide bonds. The molecule has 2 aromatic rings. The standard InChI is InChI=1S/C19H23N3O3S.ClH/c1-2-21-12-14-22(15-13-21)19(23)16-8-10-18(11-9-16)26(24,25)20-17-6-4-3-5-7-17;/h3-11,20H,2,12-15H2,1H3;1H. The summed E-state index contributed by atoms with van der Waals surface area (Å²) in [5.41, 5.74) is 1.01. The van der Waals surface area contributed by atoms with Crippen molar-refractivity contribution < 1.29 is 13.2 Å². The molecule has 0 aliphatic carbocycles. The van der Waals surface area contributed by atoms with Crippen molar-refractivity contribution in [3.05, 3.63) is 60.2 Å². The Labute approximate surface area is 166 Å². The number of sulfonamides is 1. The summed E-state index contributed by atoms with van der Waals surface area (Å²) in [5.74, 6) is -0.0549. The molecule has 1 heterocycles. The second kappa shape index (κ2) is 9.21. The maximum Gasteiger partial charge on any atom is 0.261 e. The molecule has 1 aliphatic rings. The summed E-state index contributed by atoms with van der Waals surface area (Å²) < 4.78 is 27.4. The fourth-order valence-corrected chi connectivity index (χ4v) is 4.01. The Balaban J connectivity index is 0.00000261. The van der Waals surface area contributed by atoms with E-state index in [0.717, 1.165) is 19.6 Å². The Morgan fingerprint density at radius 1 is 0.963 bits per heavy atom. The van der Waals surface area contributed by atoms with E-state index >= 15 is 0 Å². The molecular weight excluding hydrogens is 386 g/mol. The smallest absolute Gasteiger partial charge is 0.261 e. The number of hydrogen-bond donors (Lipinski definition) is 1. The first-order valence-electron chi connectivity index (χ1n) is 8.69. The molecule has 6 nitrogen and oxygen atoms in total. The summed E-state index contributed by atoms with van der Waals surface area (Å²) in [5, 5.41) is 0. The molecule has 0 aromatic heterocycles. The van der Waals surface area contributed by atoms with E-state index in [2.05, 4.69) is 16.5 Å². The number of halogens is 1. The lowest BCUT2D eigenvalue weighted by molar-refractivity contribution is 0.0643. The highest BCUT2D eigenvalue weighted by Gasteiger charge is 2.22. The summed E-state index contributed by atoms with van der Waals surface area (Å²) in [7, 11) is -3.67. The van der Waals surface area contributed by atoms with Crippen LogP contribution in [0.5, 0.6) is 0 Å². The summed E-state index contributed by atoms with van der Waals surface area (Å²) in [6.07, 6.45) is 0. The van der Waals surface area contributed by atoms with E-state index in [1.54, 1.807) is 36.4 Å². The number of anilines is 1. The van der Waals surface area contributed by atoms with Crippen LogP contribution in [-0.2, 0) is 10.0 Å². The maximum absolute atomic E-state index is 12.6. The van der Waals surface area contributed by atoms with Crippen LogP contribution in [-0.4, -0.2) is 56.8 Å². The van der Waals surface area contributed by atoms with Gasteiger partial charge in [-0.2, -0.15) is 0 Å². The summed E-state index contributed by atoms with van der Waals surface area (Å²) in [6.45, 7) is 6.24. The van der Waals surface area contributed by atoms with E-state index in [1.807, 2.05) is 11.0 Å². The van der Waals surface area contributed by atoms with Crippen LogP contribution in [0.2, 0.25) is 0 Å². The largest absolute Gasteiger partial charge is 0.336 e. The SMILES string of the molecule is CCN1CCN(C(=O)c2ccc(S(=O)(=O)Nc3ccccc3)cc2)CC1.Cl. The second-order valence-corrected chi connectivity index (χ2v) is 7.90. The molecule has 1 aliphatic heterocycles. The molecule has 0 atom stereocenters. The van der Waals surface area contributed by atoms with Crippen LogP contribution >= 0.6 is 12.4 Å². The van der Waals surface area contributed by atoms with E-state index in [9.17, 15) is 13.2 Å². The maximum atomic E-state index is 12.6. The first kappa shape index (κ1) is 21.2. The number of carbonyl (C=O) groups excluding carboxylic acids is 1. The molecule has 0 bridgehead atoms. The van der Waals surface area contributed by atoms with Crippen LogP contribution in [0.1, 0.15) is 17.3 Å². The van der Waals surface area contributed by atoms with Gasteiger partial charge in [0.25, 0.3) is 15.9 Å². The van der Waals surface area contributed by atoms with Gasteiger partial charge >= 0.3 is 0 Å². The highest BCUT2D eigenvalue weighted by atomic mass is 35.5. The van der Waals surface area contributed by atoms with Crippen molar-refractivity contribution in [2.45, 2.75) is 11.8 Å². The number of para-hydroxylation sites is 1. The quantitative estimate of drug-likeness (QED) is 0.824. The monoisotopic (exact) mass is 409 g/mol. The molecule has 0 radical (unpaired) electrons. The predicted octanol–water partition coefficient (Wildman–Crippen LogP) is 2.69. The Morgan fingerprint density at radius 3 is 2.11 bits per heavy atom. The van der Waals surface area contributed by atoms with Crippen LogP contribution < -0.4 is 4.72 Å². The molecule has 146 valence electrons. The van der Waals surface area contributed by atoms with E-state index < -0.39 is 10.0 Å². The normalized spacial score (nSPS) is 15.1. The molecule has 3 rings (SSSR count). The summed E-state index contributed by atoms with van der Waals surface area (Å²) in [4.78, 5) is 16.8. The topological polar surface area (TPSA) is 69.7 Å². The number of rotatable bonds is 5. The Hall–Kier alpha value is -2.09. The van der Waals surface area contributed by atoms with Crippen molar-refractivity contribution in [3.8, 4) is 0 Å². The highest BCUT2D eigenvalue weighted by Crippen LogP contribution is 2.17. The number of nitrogens with one attached hydrogen (secondary N) is 1. The Bertz CT molecular complexity index is 850. The first-order chi connectivity index (χ1) is 12.5. The van der Waals surface area contributed by atoms with Gasteiger partial charge in [0.15, 0.2) is 0 Å². The zero-order chi connectivity index (χ0) is 18.6. The van der Waals surface area contributed by atoms with E-state index in [0.29, 0.717) is 24.3 Å². The lowest BCUT2D eigenvalue weighted by Gasteiger charge is -2.34. The lowest BCUT2D eigenvalue weighted by atomic mass is 10.2. The number of amides is 1. The van der Waals surface area contributed by atoms with Crippen LogP contribution in [0.25, 0.3) is 0 Å². The molecular formula is C19H24ClN3O3S. The molecule has 1 saturated heterocycles. The zero-order valence-electron chi connectivity index (χ0n) is 15.2. The average Bonchev–Trinajstić information content (AvgIpc) is 2.68. The van der Waals surface area contributed by atoms with Gasteiger partial charge < -0.3 is 9.80 Å². The van der Waals surface area contributed by atoms with Gasteiger partial charge in [0.2, 0.25) is 0 Å². The molecule has 0 unspecified atom stereocenters. The first-order valence-corrected chi connectivity index (χ1v) is 10.2. The van der Waals surface area contributed by atoms with E-state index in [1.165, 1.54) is 12.1 Å². The van der Waals surface area contributed by atoms with Gasteiger partial charge in [-0.15, -0.1) is 12.4 Å². The third-order valence-electron chi connectivity index (χ3n) is 4.54. The van der Waals surface area contributed by atoms with Gasteiger partial charge in [-0.1, -0.05) is 25.1 Å². The lowest BCUT2D eigenvalue weighted by Crippen LogP contribution is -2.48. The minimum absolute atomic E-state index is 0. The predicted molar refractivity (Wildman–Crippen MR) is 109 cm³/mol. The van der Waals surface area contributed by atoms with E-state index in [4.69, 9.17) is 0 Å². The third kappa shape index (κ3) is 5.22. The van der Waals surface area contributed by atoms with Gasteiger partial charge in [-0.3, -0.25) is 9.52 Å². The molecule has 8 heteroatoms. The molecule has 2 aromatic carbocycles. The van der Waals surface area contributed by atoms with Crippen molar-refractivity contribution in [3.63, 3.8) is 0 Å². The fraction of sp³-hybridized carbons (Fsp3) is 0.316. The van der Waals surface area contributed by atoms with Gasteiger partial charge in [0.05, 0.1) is 4.90 Å². The van der Waals surface area contributed by atoms with Crippen molar-refractivity contribution in [1.29, 1.82) is 0 Å². The average molecular weight is 410 g/mol. The highest BCUT2D eigenvalue weighted by molar-refractivity contribution is 7.92. The van der Waals surface area contributed by atoms with Crippen molar-refractivity contribution in [1.82, 2.24) is 9.80 Å². The van der Waals surface area contributed by atoms with Gasteiger partial charge in [0.1, 0.15) is 0 Å². The van der Waals surface area contributed by atoms with Crippen LogP contribution in [0.3, 0.4) is 0 Å². The number of hydrogen-bond acceptors (Lipinski definition) is 4. The number of carbonyl (C=O) groups is 1. The Morgan fingerprint density at radius 2 is 1.56 bits per heavy atom. The third-order valence-corrected chi connectivity index (χ3v) is 5.94.